The number of morpholine rings is 1. The van der Waals surface area contributed by atoms with Crippen molar-refractivity contribution in [1.82, 2.24) is 4.90 Å². The monoisotopic (exact) mass is 398 g/mol. The summed E-state index contributed by atoms with van der Waals surface area (Å²) in [5.74, 6) is 2.56. The molecule has 29 heavy (non-hydrogen) atoms. The quantitative estimate of drug-likeness (QED) is 0.769. The third-order valence-corrected chi connectivity index (χ3v) is 7.90. The molecule has 5 heteroatoms. The third kappa shape index (κ3) is 4.10. The van der Waals surface area contributed by atoms with Crippen LogP contribution in [0.25, 0.3) is 0 Å². The Kier molecular flexibility index (Phi) is 5.39. The van der Waals surface area contributed by atoms with E-state index in [0.29, 0.717) is 0 Å². The van der Waals surface area contributed by atoms with Crippen molar-refractivity contribution in [3.8, 4) is 0 Å². The van der Waals surface area contributed by atoms with E-state index in [0.717, 1.165) is 87.5 Å². The van der Waals surface area contributed by atoms with Crippen LogP contribution in [0.3, 0.4) is 0 Å². The summed E-state index contributed by atoms with van der Waals surface area (Å²) in [4.78, 5) is 15.5. The summed E-state index contributed by atoms with van der Waals surface area (Å²) >= 11 is 0. The van der Waals surface area contributed by atoms with Crippen molar-refractivity contribution in [2.75, 3.05) is 38.2 Å². The molecule has 0 aromatic heterocycles. The van der Waals surface area contributed by atoms with Gasteiger partial charge in [0.25, 0.3) is 0 Å². The number of carbonyl (C=O) groups is 1. The average molecular weight is 399 g/mol. The SMILES string of the molecule is O=C(Nc1ccc(C(O)CCN2CCOCC2)cc1)C12CC3CC(CC(C3)C1)C2. The first-order valence-corrected chi connectivity index (χ1v) is 11.5. The second-order valence-corrected chi connectivity index (χ2v) is 10.0. The summed E-state index contributed by atoms with van der Waals surface area (Å²) in [6.07, 6.45) is 7.57. The van der Waals surface area contributed by atoms with Crippen LogP contribution in [0.5, 0.6) is 0 Å². The van der Waals surface area contributed by atoms with Crippen LogP contribution in [0.2, 0.25) is 0 Å². The number of nitrogens with one attached hydrogen (secondary N) is 1. The largest absolute Gasteiger partial charge is 0.388 e. The van der Waals surface area contributed by atoms with Gasteiger partial charge in [-0.15, -0.1) is 0 Å². The standard InChI is InChI=1S/C24H34N2O3/c27-22(5-6-26-7-9-29-10-8-26)20-1-3-21(4-2-20)25-23(28)24-14-17-11-18(15-24)13-19(12-17)16-24/h1-4,17-19,22,27H,5-16H2,(H,25,28). The zero-order valence-corrected chi connectivity index (χ0v) is 17.3. The van der Waals surface area contributed by atoms with E-state index in [1.165, 1.54) is 19.3 Å². The van der Waals surface area contributed by atoms with Crippen LogP contribution < -0.4 is 5.32 Å². The highest BCUT2D eigenvalue weighted by Gasteiger charge is 2.54. The zero-order chi connectivity index (χ0) is 19.8. The fraction of sp³-hybridized carbons (Fsp3) is 0.708. The molecular weight excluding hydrogens is 364 g/mol. The van der Waals surface area contributed by atoms with Crippen LogP contribution in [0.4, 0.5) is 5.69 Å². The van der Waals surface area contributed by atoms with Crippen LogP contribution in [-0.4, -0.2) is 48.8 Å². The first-order valence-electron chi connectivity index (χ1n) is 11.5. The van der Waals surface area contributed by atoms with Gasteiger partial charge in [-0.2, -0.15) is 0 Å². The lowest BCUT2D eigenvalue weighted by atomic mass is 9.49. The predicted octanol–water partition coefficient (Wildman–Crippen LogP) is 3.60. The Morgan fingerprint density at radius 2 is 1.66 bits per heavy atom. The van der Waals surface area contributed by atoms with Crippen LogP contribution in [0, 0.1) is 23.2 Å². The Labute approximate surface area is 173 Å². The fourth-order valence-corrected chi connectivity index (χ4v) is 6.74. The Morgan fingerprint density at radius 1 is 1.07 bits per heavy atom. The Morgan fingerprint density at radius 3 is 2.24 bits per heavy atom. The van der Waals surface area contributed by atoms with Gasteiger partial charge in [-0.3, -0.25) is 9.69 Å². The van der Waals surface area contributed by atoms with Crippen molar-refractivity contribution in [2.24, 2.45) is 23.2 Å². The molecule has 2 N–H and O–H groups in total. The summed E-state index contributed by atoms with van der Waals surface area (Å²) in [6.45, 7) is 4.35. The van der Waals surface area contributed by atoms with Crippen LogP contribution >= 0.6 is 0 Å². The molecule has 1 heterocycles. The van der Waals surface area contributed by atoms with E-state index < -0.39 is 6.10 Å². The lowest BCUT2D eigenvalue weighted by Crippen LogP contribution is -2.51. The highest BCUT2D eigenvalue weighted by atomic mass is 16.5. The molecule has 5 fully saturated rings. The average Bonchev–Trinajstić information content (AvgIpc) is 2.72. The first kappa shape index (κ1) is 19.5. The van der Waals surface area contributed by atoms with Crippen LogP contribution in [-0.2, 0) is 9.53 Å². The minimum absolute atomic E-state index is 0.120. The number of carbonyl (C=O) groups excluding carboxylic acids is 1. The molecule has 1 atom stereocenters. The Balaban J connectivity index is 1.17. The molecule has 1 aromatic rings. The van der Waals surface area contributed by atoms with Crippen molar-refractivity contribution in [3.05, 3.63) is 29.8 Å². The number of ether oxygens (including phenoxy) is 1. The summed E-state index contributed by atoms with van der Waals surface area (Å²) in [5, 5.41) is 13.7. The first-order chi connectivity index (χ1) is 14.1. The number of rotatable bonds is 6. The van der Waals surface area contributed by atoms with Gasteiger partial charge in [-0.1, -0.05) is 12.1 Å². The summed E-state index contributed by atoms with van der Waals surface area (Å²) < 4.78 is 5.37. The predicted molar refractivity (Wildman–Crippen MR) is 113 cm³/mol. The molecular formula is C24H34N2O3. The van der Waals surface area contributed by atoms with E-state index in [2.05, 4.69) is 10.2 Å². The van der Waals surface area contributed by atoms with Gasteiger partial charge in [0, 0.05) is 25.3 Å². The van der Waals surface area contributed by atoms with Crippen molar-refractivity contribution in [3.63, 3.8) is 0 Å². The molecule has 1 aliphatic heterocycles. The van der Waals surface area contributed by atoms with Gasteiger partial charge in [0.1, 0.15) is 0 Å². The fourth-order valence-electron chi connectivity index (χ4n) is 6.74. The van der Waals surface area contributed by atoms with Gasteiger partial charge in [0.15, 0.2) is 0 Å². The normalized spacial score (nSPS) is 34.9. The van der Waals surface area contributed by atoms with Crippen LogP contribution in [0.1, 0.15) is 56.6 Å². The number of anilines is 1. The van der Waals surface area contributed by atoms with Gasteiger partial charge in [0.2, 0.25) is 5.91 Å². The zero-order valence-electron chi connectivity index (χ0n) is 17.3. The molecule has 1 aromatic carbocycles. The van der Waals surface area contributed by atoms with Gasteiger partial charge >= 0.3 is 0 Å². The third-order valence-electron chi connectivity index (χ3n) is 7.90. The lowest BCUT2D eigenvalue weighted by molar-refractivity contribution is -0.140. The topological polar surface area (TPSA) is 61.8 Å². The van der Waals surface area contributed by atoms with E-state index in [1.54, 1.807) is 0 Å². The van der Waals surface area contributed by atoms with E-state index in [1.807, 2.05) is 24.3 Å². The Bertz CT molecular complexity index is 691. The molecule has 4 aliphatic carbocycles. The van der Waals surface area contributed by atoms with Crippen LogP contribution in [0.15, 0.2) is 24.3 Å². The number of hydrogen-bond acceptors (Lipinski definition) is 4. The molecule has 158 valence electrons. The second kappa shape index (κ2) is 8.01. The smallest absolute Gasteiger partial charge is 0.230 e. The molecule has 0 radical (unpaired) electrons. The van der Waals surface area contributed by atoms with Gasteiger partial charge < -0.3 is 15.2 Å². The second-order valence-electron chi connectivity index (χ2n) is 10.0. The highest BCUT2D eigenvalue weighted by molar-refractivity contribution is 5.95. The van der Waals surface area contributed by atoms with Gasteiger partial charge in [-0.05, 0) is 80.4 Å². The maximum Gasteiger partial charge on any atom is 0.230 e. The molecule has 1 unspecified atom stereocenters. The molecule has 5 nitrogen and oxygen atoms in total. The van der Waals surface area contributed by atoms with Crippen molar-refractivity contribution < 1.29 is 14.6 Å². The number of aliphatic hydroxyl groups excluding tert-OH is 1. The number of amides is 1. The number of benzene rings is 1. The maximum atomic E-state index is 13.2. The minimum atomic E-state index is -0.467. The highest BCUT2D eigenvalue weighted by Crippen LogP contribution is 2.60. The lowest BCUT2D eigenvalue weighted by Gasteiger charge is -2.55. The maximum absolute atomic E-state index is 13.2. The number of aliphatic hydroxyl groups is 1. The molecule has 4 bridgehead atoms. The van der Waals surface area contributed by atoms with Crippen molar-refractivity contribution in [2.45, 2.75) is 51.0 Å². The van der Waals surface area contributed by atoms with Crippen molar-refractivity contribution in [1.29, 1.82) is 0 Å². The summed E-state index contributed by atoms with van der Waals surface area (Å²) in [7, 11) is 0. The summed E-state index contributed by atoms with van der Waals surface area (Å²) in [5.41, 5.74) is 1.66. The van der Waals surface area contributed by atoms with Crippen molar-refractivity contribution >= 4 is 11.6 Å². The molecule has 4 saturated carbocycles. The summed E-state index contributed by atoms with van der Waals surface area (Å²) in [6, 6.07) is 7.82. The number of nitrogens with zero attached hydrogens (tertiary/aromatic N) is 1. The van der Waals surface area contributed by atoms with E-state index in [4.69, 9.17) is 4.74 Å². The minimum Gasteiger partial charge on any atom is -0.388 e. The molecule has 1 saturated heterocycles. The van der Waals surface area contributed by atoms with E-state index in [9.17, 15) is 9.90 Å². The number of hydrogen-bond donors (Lipinski definition) is 2. The van der Waals surface area contributed by atoms with Gasteiger partial charge in [0.05, 0.1) is 24.7 Å². The molecule has 0 spiro atoms. The molecule has 5 aliphatic rings. The van der Waals surface area contributed by atoms with E-state index >= 15 is 0 Å². The Hall–Kier alpha value is -1.43. The van der Waals surface area contributed by atoms with Gasteiger partial charge in [-0.25, -0.2) is 0 Å². The molecule has 6 rings (SSSR count). The van der Waals surface area contributed by atoms with E-state index in [-0.39, 0.29) is 11.3 Å². The molecule has 1 amide bonds.